The van der Waals surface area contributed by atoms with Crippen molar-refractivity contribution in [2.45, 2.75) is 32.1 Å². The number of amides is 1. The average Bonchev–Trinajstić information content (AvgIpc) is 2.96. The Hall–Kier alpha value is -2.09. The van der Waals surface area contributed by atoms with Gasteiger partial charge in [0, 0.05) is 36.8 Å². The Bertz CT molecular complexity index is 730. The molecule has 2 atom stereocenters. The summed E-state index contributed by atoms with van der Waals surface area (Å²) in [5, 5.41) is 0.906. The highest BCUT2D eigenvalue weighted by Crippen LogP contribution is 2.24. The highest BCUT2D eigenvalue weighted by Gasteiger charge is 2.39. The minimum atomic E-state index is -4.24. The van der Waals surface area contributed by atoms with E-state index in [-0.39, 0.29) is 31.1 Å². The van der Waals surface area contributed by atoms with Crippen molar-refractivity contribution in [3.8, 4) is 0 Å². The van der Waals surface area contributed by atoms with E-state index in [0.29, 0.717) is 11.3 Å². The number of piperazine rings is 1. The lowest BCUT2D eigenvalue weighted by Crippen LogP contribution is -2.59. The molecule has 5 nitrogen and oxygen atoms in total. The molecule has 130 valence electrons. The molecule has 8 heteroatoms. The van der Waals surface area contributed by atoms with E-state index in [1.165, 1.54) is 4.90 Å². The largest absolute Gasteiger partial charge is 0.401 e. The maximum atomic E-state index is 12.7. The van der Waals surface area contributed by atoms with Gasteiger partial charge in [-0.05, 0) is 32.0 Å². The molecule has 1 aliphatic heterocycles. The number of hydrogen-bond acceptors (Lipinski definition) is 3. The van der Waals surface area contributed by atoms with Gasteiger partial charge in [-0.1, -0.05) is 0 Å². The summed E-state index contributed by atoms with van der Waals surface area (Å²) in [6.07, 6.45) is -2.50. The van der Waals surface area contributed by atoms with Gasteiger partial charge < -0.3 is 9.88 Å². The number of carbonyl (C=O) groups excluding carboxylic acids is 1. The van der Waals surface area contributed by atoms with Crippen molar-refractivity contribution in [3.05, 3.63) is 30.1 Å². The Morgan fingerprint density at radius 2 is 1.92 bits per heavy atom. The van der Waals surface area contributed by atoms with E-state index in [0.717, 1.165) is 5.39 Å². The monoisotopic (exact) mass is 340 g/mol. The van der Waals surface area contributed by atoms with Gasteiger partial charge in [0.25, 0.3) is 5.91 Å². The molecule has 2 aromatic heterocycles. The van der Waals surface area contributed by atoms with Crippen LogP contribution in [0.2, 0.25) is 0 Å². The lowest BCUT2D eigenvalue weighted by atomic mass is 10.1. The predicted octanol–water partition coefficient (Wildman–Crippen LogP) is 2.66. The van der Waals surface area contributed by atoms with Crippen LogP contribution in [0.4, 0.5) is 13.2 Å². The van der Waals surface area contributed by atoms with Crippen LogP contribution in [0.1, 0.15) is 24.3 Å². The molecule has 2 aromatic rings. The number of fused-ring (bicyclic) bond motifs is 1. The normalized spacial score (nSPS) is 23.0. The number of aromatic amines is 1. The Labute approximate surface area is 137 Å². The van der Waals surface area contributed by atoms with Gasteiger partial charge in [-0.3, -0.25) is 9.69 Å². The summed E-state index contributed by atoms with van der Waals surface area (Å²) in [6, 6.07) is 4.58. The van der Waals surface area contributed by atoms with Crippen molar-refractivity contribution in [1.29, 1.82) is 0 Å². The molecule has 0 saturated carbocycles. The maximum Gasteiger partial charge on any atom is 0.401 e. The second kappa shape index (κ2) is 6.08. The van der Waals surface area contributed by atoms with Gasteiger partial charge in [-0.2, -0.15) is 13.2 Å². The molecule has 0 aliphatic carbocycles. The second-order valence-electron chi connectivity index (χ2n) is 6.31. The van der Waals surface area contributed by atoms with Gasteiger partial charge >= 0.3 is 6.18 Å². The van der Waals surface area contributed by atoms with Crippen molar-refractivity contribution >= 4 is 16.9 Å². The van der Waals surface area contributed by atoms with E-state index < -0.39 is 12.7 Å². The van der Waals surface area contributed by atoms with E-state index in [1.807, 2.05) is 6.07 Å². The van der Waals surface area contributed by atoms with Crippen molar-refractivity contribution in [3.63, 3.8) is 0 Å². The zero-order valence-corrected chi connectivity index (χ0v) is 13.5. The van der Waals surface area contributed by atoms with Gasteiger partial charge in [0.15, 0.2) is 0 Å². The highest BCUT2D eigenvalue weighted by atomic mass is 19.4. The predicted molar refractivity (Wildman–Crippen MR) is 83.7 cm³/mol. The van der Waals surface area contributed by atoms with Crippen LogP contribution in [0.5, 0.6) is 0 Å². The number of nitrogens with zero attached hydrogens (tertiary/aromatic N) is 3. The van der Waals surface area contributed by atoms with E-state index in [2.05, 4.69) is 9.97 Å². The minimum absolute atomic E-state index is 0.253. The second-order valence-corrected chi connectivity index (χ2v) is 6.31. The van der Waals surface area contributed by atoms with Crippen LogP contribution in [0.15, 0.2) is 24.4 Å². The first-order valence-electron chi connectivity index (χ1n) is 7.80. The molecule has 0 bridgehead atoms. The third kappa shape index (κ3) is 3.38. The fourth-order valence-corrected chi connectivity index (χ4v) is 3.25. The third-order valence-corrected chi connectivity index (χ3v) is 4.38. The number of pyridine rings is 1. The molecule has 1 aliphatic rings. The Morgan fingerprint density at radius 1 is 1.25 bits per heavy atom. The summed E-state index contributed by atoms with van der Waals surface area (Å²) in [5.74, 6) is -0.253. The number of nitrogens with one attached hydrogen (secondary N) is 1. The first-order chi connectivity index (χ1) is 11.2. The molecule has 1 saturated heterocycles. The van der Waals surface area contributed by atoms with E-state index in [1.54, 1.807) is 37.1 Å². The van der Waals surface area contributed by atoms with Crippen molar-refractivity contribution in [2.24, 2.45) is 0 Å². The SMILES string of the molecule is C[C@@H]1CN(C(=O)c2ccc3cc[nH]c3n2)C[C@H](C)N1CC(F)(F)F. The van der Waals surface area contributed by atoms with Crippen molar-refractivity contribution < 1.29 is 18.0 Å². The van der Waals surface area contributed by atoms with Gasteiger partial charge in [-0.15, -0.1) is 0 Å². The third-order valence-electron chi connectivity index (χ3n) is 4.38. The summed E-state index contributed by atoms with van der Waals surface area (Å²) >= 11 is 0. The van der Waals surface area contributed by atoms with Crippen molar-refractivity contribution in [2.75, 3.05) is 19.6 Å². The molecular weight excluding hydrogens is 321 g/mol. The number of carbonyl (C=O) groups is 1. The van der Waals surface area contributed by atoms with Crippen LogP contribution in [0.25, 0.3) is 11.0 Å². The number of alkyl halides is 3. The molecule has 3 heterocycles. The molecule has 3 rings (SSSR count). The van der Waals surface area contributed by atoms with Crippen LogP contribution >= 0.6 is 0 Å². The Balaban J connectivity index is 1.75. The van der Waals surface area contributed by atoms with E-state index in [4.69, 9.17) is 0 Å². The molecule has 24 heavy (non-hydrogen) atoms. The van der Waals surface area contributed by atoms with E-state index in [9.17, 15) is 18.0 Å². The molecule has 1 N–H and O–H groups in total. The fourth-order valence-electron chi connectivity index (χ4n) is 3.25. The number of hydrogen-bond donors (Lipinski definition) is 1. The summed E-state index contributed by atoms with van der Waals surface area (Å²) in [6.45, 7) is 2.98. The molecule has 0 spiro atoms. The van der Waals surface area contributed by atoms with Gasteiger partial charge in [0.05, 0.1) is 6.54 Å². The maximum absolute atomic E-state index is 12.7. The summed E-state index contributed by atoms with van der Waals surface area (Å²) in [7, 11) is 0. The smallest absolute Gasteiger partial charge is 0.346 e. The number of rotatable bonds is 2. The molecule has 0 radical (unpaired) electrons. The topological polar surface area (TPSA) is 52.2 Å². The highest BCUT2D eigenvalue weighted by molar-refractivity contribution is 5.94. The Morgan fingerprint density at radius 3 is 2.54 bits per heavy atom. The lowest BCUT2D eigenvalue weighted by molar-refractivity contribution is -0.160. The molecular formula is C16H19F3N4O. The van der Waals surface area contributed by atoms with Crippen LogP contribution in [-0.2, 0) is 0 Å². The molecule has 1 amide bonds. The number of aromatic nitrogens is 2. The minimum Gasteiger partial charge on any atom is -0.346 e. The van der Waals surface area contributed by atoms with Crippen LogP contribution in [0.3, 0.4) is 0 Å². The number of halogens is 3. The summed E-state index contributed by atoms with van der Waals surface area (Å²) in [5.41, 5.74) is 0.922. The summed E-state index contributed by atoms with van der Waals surface area (Å²) in [4.78, 5) is 22.9. The standard InChI is InChI=1S/C16H19F3N4O/c1-10-7-22(8-11(2)23(10)9-16(17,18)19)15(24)13-4-3-12-5-6-20-14(12)21-13/h3-6,10-11H,7-9H2,1-2H3,(H,20,21)/t10-,11+. The van der Waals surface area contributed by atoms with Gasteiger partial charge in [0.1, 0.15) is 11.3 Å². The van der Waals surface area contributed by atoms with Gasteiger partial charge in [0.2, 0.25) is 0 Å². The molecule has 0 unspecified atom stereocenters. The first kappa shape index (κ1) is 16.8. The number of H-pyrrole nitrogens is 1. The zero-order chi connectivity index (χ0) is 17.5. The van der Waals surface area contributed by atoms with E-state index >= 15 is 0 Å². The van der Waals surface area contributed by atoms with Crippen LogP contribution in [0, 0.1) is 0 Å². The lowest BCUT2D eigenvalue weighted by Gasteiger charge is -2.44. The zero-order valence-electron chi connectivity index (χ0n) is 13.5. The first-order valence-corrected chi connectivity index (χ1v) is 7.80. The molecule has 1 fully saturated rings. The molecule has 0 aromatic carbocycles. The Kier molecular flexibility index (Phi) is 4.25. The quantitative estimate of drug-likeness (QED) is 0.914. The van der Waals surface area contributed by atoms with Crippen LogP contribution < -0.4 is 0 Å². The van der Waals surface area contributed by atoms with Crippen LogP contribution in [-0.4, -0.2) is 63.6 Å². The average molecular weight is 340 g/mol. The summed E-state index contributed by atoms with van der Waals surface area (Å²) < 4.78 is 38.1. The fraction of sp³-hybridized carbons (Fsp3) is 0.500. The van der Waals surface area contributed by atoms with Gasteiger partial charge in [-0.25, -0.2) is 4.98 Å². The van der Waals surface area contributed by atoms with Crippen molar-refractivity contribution in [1.82, 2.24) is 19.8 Å².